The van der Waals surface area contributed by atoms with Crippen LogP contribution in [0.15, 0.2) is 0 Å². The van der Waals surface area contributed by atoms with E-state index in [2.05, 4.69) is 0 Å². The Morgan fingerprint density at radius 3 is 2.81 bits per heavy atom. The molecule has 1 saturated heterocycles. The van der Waals surface area contributed by atoms with Gasteiger partial charge in [0.25, 0.3) is 0 Å². The lowest BCUT2D eigenvalue weighted by atomic mass is 10.1. The smallest absolute Gasteiger partial charge is 0.222 e. The van der Waals surface area contributed by atoms with Crippen LogP contribution in [0, 0.1) is 0 Å². The van der Waals surface area contributed by atoms with Crippen LogP contribution in [0.3, 0.4) is 0 Å². The van der Waals surface area contributed by atoms with E-state index >= 15 is 0 Å². The highest BCUT2D eigenvalue weighted by Crippen LogP contribution is 2.13. The van der Waals surface area contributed by atoms with Crippen molar-refractivity contribution in [1.29, 1.82) is 0 Å². The van der Waals surface area contributed by atoms with Gasteiger partial charge < -0.3 is 10.0 Å². The molecule has 1 aliphatic rings. The highest BCUT2D eigenvalue weighted by molar-refractivity contribution is 5.76. The molecule has 0 saturated carbocycles. The highest BCUT2D eigenvalue weighted by atomic mass is 16.3. The standard InChI is InChI=1S/C13H25NO2/c1-2-12(15)8-7-11-14-10-6-4-3-5-9-13(14)16/h12,15H,2-11H2,1H3. The summed E-state index contributed by atoms with van der Waals surface area (Å²) < 4.78 is 0. The number of aliphatic hydroxyl groups excluding tert-OH is 1. The lowest BCUT2D eigenvalue weighted by molar-refractivity contribution is -0.132. The zero-order valence-corrected chi connectivity index (χ0v) is 10.5. The van der Waals surface area contributed by atoms with E-state index < -0.39 is 0 Å². The van der Waals surface area contributed by atoms with E-state index in [9.17, 15) is 9.90 Å². The molecule has 0 spiro atoms. The molecular weight excluding hydrogens is 202 g/mol. The van der Waals surface area contributed by atoms with Crippen LogP contribution in [-0.4, -0.2) is 35.1 Å². The van der Waals surface area contributed by atoms with Gasteiger partial charge in [-0.1, -0.05) is 19.8 Å². The molecule has 1 atom stereocenters. The maximum Gasteiger partial charge on any atom is 0.222 e. The van der Waals surface area contributed by atoms with Crippen molar-refractivity contribution >= 4 is 5.91 Å². The van der Waals surface area contributed by atoms with Crippen LogP contribution in [-0.2, 0) is 4.79 Å². The fraction of sp³-hybridized carbons (Fsp3) is 0.923. The number of amides is 1. The minimum absolute atomic E-state index is 0.190. The summed E-state index contributed by atoms with van der Waals surface area (Å²) in [5.74, 6) is 0.311. The predicted molar refractivity (Wildman–Crippen MR) is 65.2 cm³/mol. The average molecular weight is 227 g/mol. The van der Waals surface area contributed by atoms with Gasteiger partial charge in [-0.25, -0.2) is 0 Å². The third kappa shape index (κ3) is 4.97. The van der Waals surface area contributed by atoms with Crippen LogP contribution in [0.2, 0.25) is 0 Å². The molecule has 3 heteroatoms. The number of rotatable bonds is 5. The molecule has 16 heavy (non-hydrogen) atoms. The Kier molecular flexibility index (Phi) is 6.46. The number of carbonyl (C=O) groups excluding carboxylic acids is 1. The van der Waals surface area contributed by atoms with Crippen molar-refractivity contribution in [3.8, 4) is 0 Å². The third-order valence-electron chi connectivity index (χ3n) is 3.36. The first kappa shape index (κ1) is 13.5. The normalized spacial score (nSPS) is 20.4. The number of aliphatic hydroxyl groups is 1. The predicted octanol–water partition coefficient (Wildman–Crippen LogP) is 2.33. The summed E-state index contributed by atoms with van der Waals surface area (Å²) in [5.41, 5.74) is 0. The van der Waals surface area contributed by atoms with Crippen molar-refractivity contribution in [2.24, 2.45) is 0 Å². The quantitative estimate of drug-likeness (QED) is 0.783. The summed E-state index contributed by atoms with van der Waals surface area (Å²) in [6.45, 7) is 3.74. The Labute approximate surface area is 98.8 Å². The van der Waals surface area contributed by atoms with Gasteiger partial charge in [0.15, 0.2) is 0 Å². The average Bonchev–Trinajstić information content (AvgIpc) is 2.27. The zero-order valence-electron chi connectivity index (χ0n) is 10.5. The molecule has 0 bridgehead atoms. The lowest BCUT2D eigenvalue weighted by Gasteiger charge is -2.25. The van der Waals surface area contributed by atoms with Gasteiger partial charge in [0, 0.05) is 19.5 Å². The molecule has 0 aliphatic carbocycles. The molecule has 1 heterocycles. The minimum Gasteiger partial charge on any atom is -0.393 e. The van der Waals surface area contributed by atoms with Gasteiger partial charge in [0.05, 0.1) is 6.10 Å². The first-order valence-corrected chi connectivity index (χ1v) is 6.70. The van der Waals surface area contributed by atoms with E-state index in [-0.39, 0.29) is 6.10 Å². The summed E-state index contributed by atoms with van der Waals surface area (Å²) in [6.07, 6.45) is 7.74. The Morgan fingerprint density at radius 2 is 2.06 bits per heavy atom. The van der Waals surface area contributed by atoms with Crippen molar-refractivity contribution in [2.45, 2.75) is 64.4 Å². The van der Waals surface area contributed by atoms with Crippen LogP contribution in [0.5, 0.6) is 0 Å². The van der Waals surface area contributed by atoms with Crippen LogP contribution in [0.25, 0.3) is 0 Å². The van der Waals surface area contributed by atoms with E-state index in [1.807, 2.05) is 11.8 Å². The van der Waals surface area contributed by atoms with Crippen molar-refractivity contribution in [1.82, 2.24) is 4.90 Å². The molecule has 94 valence electrons. The first-order chi connectivity index (χ1) is 7.74. The molecule has 0 aromatic rings. The number of carbonyl (C=O) groups is 1. The summed E-state index contributed by atoms with van der Waals surface area (Å²) in [5, 5.41) is 9.45. The van der Waals surface area contributed by atoms with Crippen molar-refractivity contribution in [2.75, 3.05) is 13.1 Å². The first-order valence-electron chi connectivity index (χ1n) is 6.70. The topological polar surface area (TPSA) is 40.5 Å². The van der Waals surface area contributed by atoms with Gasteiger partial charge in [0.1, 0.15) is 0 Å². The maximum absolute atomic E-state index is 11.8. The van der Waals surface area contributed by atoms with E-state index in [1.165, 1.54) is 12.8 Å². The largest absolute Gasteiger partial charge is 0.393 e. The third-order valence-corrected chi connectivity index (χ3v) is 3.36. The monoisotopic (exact) mass is 227 g/mol. The minimum atomic E-state index is -0.190. The summed E-state index contributed by atoms with van der Waals surface area (Å²) in [6, 6.07) is 0. The van der Waals surface area contributed by atoms with Crippen LogP contribution in [0.1, 0.15) is 58.3 Å². The van der Waals surface area contributed by atoms with Crippen LogP contribution < -0.4 is 0 Å². The number of hydrogen-bond donors (Lipinski definition) is 1. The second-order valence-electron chi connectivity index (χ2n) is 4.75. The molecular formula is C13H25NO2. The van der Waals surface area contributed by atoms with E-state index in [0.717, 1.165) is 51.6 Å². The van der Waals surface area contributed by atoms with E-state index in [0.29, 0.717) is 5.91 Å². The van der Waals surface area contributed by atoms with Crippen molar-refractivity contribution < 1.29 is 9.90 Å². The molecule has 0 aromatic heterocycles. The van der Waals surface area contributed by atoms with Crippen LogP contribution >= 0.6 is 0 Å². The van der Waals surface area contributed by atoms with Gasteiger partial charge in [-0.2, -0.15) is 0 Å². The van der Waals surface area contributed by atoms with Gasteiger partial charge in [-0.3, -0.25) is 4.79 Å². The molecule has 3 nitrogen and oxygen atoms in total. The second-order valence-corrected chi connectivity index (χ2v) is 4.75. The summed E-state index contributed by atoms with van der Waals surface area (Å²) in [4.78, 5) is 13.8. The number of nitrogens with zero attached hydrogens (tertiary/aromatic N) is 1. The Bertz CT molecular complexity index is 206. The van der Waals surface area contributed by atoms with Gasteiger partial charge in [0.2, 0.25) is 5.91 Å². The molecule has 1 amide bonds. The second kappa shape index (κ2) is 7.66. The van der Waals surface area contributed by atoms with E-state index in [4.69, 9.17) is 0 Å². The lowest BCUT2D eigenvalue weighted by Crippen LogP contribution is -2.34. The highest BCUT2D eigenvalue weighted by Gasteiger charge is 2.15. The van der Waals surface area contributed by atoms with Crippen LogP contribution in [0.4, 0.5) is 0 Å². The summed E-state index contributed by atoms with van der Waals surface area (Å²) >= 11 is 0. The molecule has 1 N–H and O–H groups in total. The molecule has 1 rings (SSSR count). The van der Waals surface area contributed by atoms with Gasteiger partial charge >= 0.3 is 0 Å². The molecule has 0 aromatic carbocycles. The fourth-order valence-electron chi connectivity index (χ4n) is 2.17. The van der Waals surface area contributed by atoms with Crippen molar-refractivity contribution in [3.05, 3.63) is 0 Å². The molecule has 1 unspecified atom stereocenters. The maximum atomic E-state index is 11.8. The molecule has 1 aliphatic heterocycles. The Balaban J connectivity index is 2.24. The Morgan fingerprint density at radius 1 is 1.31 bits per heavy atom. The van der Waals surface area contributed by atoms with Crippen molar-refractivity contribution in [3.63, 3.8) is 0 Å². The molecule has 1 fully saturated rings. The Hall–Kier alpha value is -0.570. The van der Waals surface area contributed by atoms with E-state index in [1.54, 1.807) is 0 Å². The SMILES string of the molecule is CCC(O)CCCN1CCCCCCC1=O. The van der Waals surface area contributed by atoms with Gasteiger partial charge in [-0.15, -0.1) is 0 Å². The summed E-state index contributed by atoms with van der Waals surface area (Å²) in [7, 11) is 0. The number of likely N-dealkylation sites (tertiary alicyclic amines) is 1. The number of hydrogen-bond acceptors (Lipinski definition) is 2. The zero-order chi connectivity index (χ0) is 11.8. The molecule has 0 radical (unpaired) electrons. The van der Waals surface area contributed by atoms with Gasteiger partial charge in [-0.05, 0) is 32.1 Å². The fourth-order valence-corrected chi connectivity index (χ4v) is 2.17.